The molecule has 0 aromatic carbocycles. The molecule has 4 heteroatoms. The number of amides is 1. The number of carbonyl (C=O) groups excluding carboxylic acids is 1. The second-order valence-corrected chi connectivity index (χ2v) is 7.25. The molecule has 0 bridgehead atoms. The van der Waals surface area contributed by atoms with Crippen molar-refractivity contribution in [1.29, 1.82) is 0 Å². The Hall–Kier alpha value is -1.29. The van der Waals surface area contributed by atoms with Gasteiger partial charge in [0.15, 0.2) is 0 Å². The van der Waals surface area contributed by atoms with Crippen LogP contribution in [0.1, 0.15) is 67.9 Å². The Morgan fingerprint density at radius 1 is 1.27 bits per heavy atom. The van der Waals surface area contributed by atoms with Crippen molar-refractivity contribution in [2.45, 2.75) is 62.9 Å². The lowest BCUT2D eigenvalue weighted by Crippen LogP contribution is -2.52. The number of aromatic nitrogens is 1. The predicted octanol–water partition coefficient (Wildman–Crippen LogP) is 3.21. The van der Waals surface area contributed by atoms with E-state index in [0.717, 1.165) is 12.2 Å². The summed E-state index contributed by atoms with van der Waals surface area (Å²) in [6.45, 7) is 0.759. The number of hydrogen-bond donors (Lipinski definition) is 1. The lowest BCUT2D eigenvalue weighted by Gasteiger charge is -2.39. The third-order valence-electron chi connectivity index (χ3n) is 5.51. The molecule has 2 fully saturated rings. The minimum Gasteiger partial charge on any atom is -0.349 e. The Morgan fingerprint density at radius 2 is 1.95 bits per heavy atom. The molecule has 2 aliphatic rings. The number of nitrogens with one attached hydrogen (secondary N) is 1. The third kappa shape index (κ3) is 3.22. The van der Waals surface area contributed by atoms with Crippen LogP contribution in [-0.4, -0.2) is 41.6 Å². The molecule has 2 saturated carbocycles. The summed E-state index contributed by atoms with van der Waals surface area (Å²) in [5, 5.41) is 3.23. The van der Waals surface area contributed by atoms with Crippen molar-refractivity contribution in [3.05, 3.63) is 24.0 Å². The normalized spacial score (nSPS) is 21.6. The number of likely N-dealkylation sites (N-methyl/N-ethyl adjacent to an activating group) is 1. The second-order valence-electron chi connectivity index (χ2n) is 7.25. The molecule has 1 heterocycles. The van der Waals surface area contributed by atoms with Gasteiger partial charge in [0.05, 0.1) is 0 Å². The molecule has 22 heavy (non-hydrogen) atoms. The summed E-state index contributed by atoms with van der Waals surface area (Å²) in [4.78, 5) is 14.9. The van der Waals surface area contributed by atoms with Crippen LogP contribution in [-0.2, 0) is 0 Å². The molecule has 1 aromatic heterocycles. The van der Waals surface area contributed by atoms with E-state index in [-0.39, 0.29) is 11.4 Å². The molecule has 122 valence electrons. The molecular formula is C18H29N3O. The van der Waals surface area contributed by atoms with Crippen LogP contribution in [0.25, 0.3) is 0 Å². The van der Waals surface area contributed by atoms with Crippen LogP contribution in [0.5, 0.6) is 0 Å². The number of nitrogens with zero attached hydrogens (tertiary/aromatic N) is 2. The minimum absolute atomic E-state index is 0.0855. The van der Waals surface area contributed by atoms with Gasteiger partial charge in [-0.05, 0) is 51.9 Å². The lowest BCUT2D eigenvalue weighted by molar-refractivity contribution is 0.0860. The Balaban J connectivity index is 1.66. The maximum atomic E-state index is 12.6. The standard InChI is InChI=1S/C18H29N3O/c1-20(2)18(11-5-3-4-6-12-18)14-19-17(22)16-8-7-13-21(16)15-9-10-15/h7-8,13,15H,3-6,9-12,14H2,1-2H3,(H,19,22). The monoisotopic (exact) mass is 303 g/mol. The molecule has 1 amide bonds. The van der Waals surface area contributed by atoms with Crippen LogP contribution >= 0.6 is 0 Å². The topological polar surface area (TPSA) is 37.3 Å². The largest absolute Gasteiger partial charge is 0.349 e. The molecule has 2 aliphatic carbocycles. The number of rotatable bonds is 5. The van der Waals surface area contributed by atoms with Crippen molar-refractivity contribution in [3.63, 3.8) is 0 Å². The van der Waals surface area contributed by atoms with Gasteiger partial charge < -0.3 is 14.8 Å². The summed E-state index contributed by atoms with van der Waals surface area (Å²) in [5.41, 5.74) is 0.952. The van der Waals surface area contributed by atoms with E-state index in [9.17, 15) is 4.79 Å². The van der Waals surface area contributed by atoms with Crippen LogP contribution in [0.2, 0.25) is 0 Å². The fourth-order valence-corrected chi connectivity index (χ4v) is 3.76. The molecule has 3 rings (SSSR count). The van der Waals surface area contributed by atoms with E-state index in [1.54, 1.807) is 0 Å². The SMILES string of the molecule is CN(C)C1(CNC(=O)c2cccn2C2CC2)CCCCCC1. The summed E-state index contributed by atoms with van der Waals surface area (Å²) < 4.78 is 2.14. The van der Waals surface area contributed by atoms with Crippen molar-refractivity contribution < 1.29 is 4.79 Å². The van der Waals surface area contributed by atoms with Gasteiger partial charge in [0.2, 0.25) is 0 Å². The fourth-order valence-electron chi connectivity index (χ4n) is 3.76. The van der Waals surface area contributed by atoms with E-state index < -0.39 is 0 Å². The van der Waals surface area contributed by atoms with E-state index in [4.69, 9.17) is 0 Å². The van der Waals surface area contributed by atoms with Crippen molar-refractivity contribution >= 4 is 5.91 Å². The Kier molecular flexibility index (Phi) is 4.57. The van der Waals surface area contributed by atoms with Crippen LogP contribution in [0.15, 0.2) is 18.3 Å². The highest BCUT2D eigenvalue weighted by Gasteiger charge is 2.34. The van der Waals surface area contributed by atoms with E-state index in [1.807, 2.05) is 18.3 Å². The lowest BCUT2D eigenvalue weighted by atomic mass is 9.88. The second kappa shape index (κ2) is 6.45. The molecule has 0 aliphatic heterocycles. The molecule has 1 aromatic rings. The third-order valence-corrected chi connectivity index (χ3v) is 5.51. The minimum atomic E-state index is 0.0855. The van der Waals surface area contributed by atoms with Crippen molar-refractivity contribution in [2.75, 3.05) is 20.6 Å². The first-order valence-electron chi connectivity index (χ1n) is 8.75. The van der Waals surface area contributed by atoms with Crippen molar-refractivity contribution in [2.24, 2.45) is 0 Å². The zero-order chi connectivity index (χ0) is 15.6. The van der Waals surface area contributed by atoms with E-state index in [2.05, 4.69) is 28.9 Å². The molecule has 0 unspecified atom stereocenters. The molecule has 0 spiro atoms. The maximum absolute atomic E-state index is 12.6. The van der Waals surface area contributed by atoms with Crippen molar-refractivity contribution in [1.82, 2.24) is 14.8 Å². The van der Waals surface area contributed by atoms with E-state index >= 15 is 0 Å². The molecule has 0 atom stereocenters. The van der Waals surface area contributed by atoms with Crippen LogP contribution in [0, 0.1) is 0 Å². The van der Waals surface area contributed by atoms with Crippen LogP contribution in [0.3, 0.4) is 0 Å². The van der Waals surface area contributed by atoms with Gasteiger partial charge >= 0.3 is 0 Å². The van der Waals surface area contributed by atoms with Crippen LogP contribution < -0.4 is 5.32 Å². The number of carbonyl (C=O) groups is 1. The zero-order valence-electron chi connectivity index (χ0n) is 14.0. The highest BCUT2D eigenvalue weighted by atomic mass is 16.2. The Bertz CT molecular complexity index is 508. The molecule has 0 radical (unpaired) electrons. The van der Waals surface area contributed by atoms with E-state index in [1.165, 1.54) is 51.4 Å². The first kappa shape index (κ1) is 15.6. The maximum Gasteiger partial charge on any atom is 0.267 e. The quantitative estimate of drug-likeness (QED) is 0.848. The smallest absolute Gasteiger partial charge is 0.267 e. The van der Waals surface area contributed by atoms with Gasteiger partial charge in [-0.2, -0.15) is 0 Å². The van der Waals surface area contributed by atoms with Gasteiger partial charge in [0, 0.05) is 24.3 Å². The Morgan fingerprint density at radius 3 is 2.55 bits per heavy atom. The first-order valence-corrected chi connectivity index (χ1v) is 8.75. The van der Waals surface area contributed by atoms with Gasteiger partial charge in [-0.1, -0.05) is 25.7 Å². The summed E-state index contributed by atoms with van der Waals surface area (Å²) >= 11 is 0. The average molecular weight is 303 g/mol. The molecular weight excluding hydrogens is 274 g/mol. The molecule has 0 saturated heterocycles. The van der Waals surface area contributed by atoms with Gasteiger partial charge in [-0.15, -0.1) is 0 Å². The summed E-state index contributed by atoms with van der Waals surface area (Å²) in [6, 6.07) is 4.49. The highest BCUT2D eigenvalue weighted by Crippen LogP contribution is 2.36. The fraction of sp³-hybridized carbons (Fsp3) is 0.722. The highest BCUT2D eigenvalue weighted by molar-refractivity contribution is 5.92. The van der Waals surface area contributed by atoms with E-state index in [0.29, 0.717) is 6.04 Å². The summed E-state index contributed by atoms with van der Waals surface area (Å²) in [5.74, 6) is 0.0855. The van der Waals surface area contributed by atoms with Gasteiger partial charge in [-0.3, -0.25) is 4.79 Å². The molecule has 4 nitrogen and oxygen atoms in total. The first-order chi connectivity index (χ1) is 10.6. The van der Waals surface area contributed by atoms with Crippen LogP contribution in [0.4, 0.5) is 0 Å². The van der Waals surface area contributed by atoms with Gasteiger partial charge in [0.25, 0.3) is 5.91 Å². The van der Waals surface area contributed by atoms with Crippen molar-refractivity contribution in [3.8, 4) is 0 Å². The number of hydrogen-bond acceptors (Lipinski definition) is 2. The van der Waals surface area contributed by atoms with Gasteiger partial charge in [-0.25, -0.2) is 0 Å². The summed E-state index contributed by atoms with van der Waals surface area (Å²) in [6.07, 6.45) is 12.0. The summed E-state index contributed by atoms with van der Waals surface area (Å²) in [7, 11) is 4.31. The van der Waals surface area contributed by atoms with Gasteiger partial charge in [0.1, 0.15) is 5.69 Å². The average Bonchev–Trinajstić information content (AvgIpc) is 3.28. The molecule has 1 N–H and O–H groups in total. The predicted molar refractivity (Wildman–Crippen MR) is 89.2 cm³/mol. The Labute approximate surface area is 133 Å². The zero-order valence-corrected chi connectivity index (χ0v) is 14.0.